The van der Waals surface area contributed by atoms with Gasteiger partial charge >= 0.3 is 0 Å². The Hall–Kier alpha value is -3.58. The van der Waals surface area contributed by atoms with Crippen LogP contribution in [0.2, 0.25) is 0 Å². The van der Waals surface area contributed by atoms with Crippen molar-refractivity contribution < 1.29 is 4.74 Å². The maximum atomic E-state index is 5.47. The van der Waals surface area contributed by atoms with Crippen LogP contribution in [0.25, 0.3) is 22.0 Å². The Balaban J connectivity index is 1.52. The number of nitrogens with zero attached hydrogens (tertiary/aromatic N) is 5. The molecule has 1 aliphatic heterocycles. The Morgan fingerprint density at radius 1 is 0.897 bits per heavy atom. The summed E-state index contributed by atoms with van der Waals surface area (Å²) in [4.78, 5) is 11.2. The number of fused-ring (bicyclic) bond motifs is 1. The molecule has 0 spiro atoms. The fraction of sp³-hybridized carbons (Fsp3) is 0.182. The fourth-order valence-electron chi connectivity index (χ4n) is 3.53. The molecule has 0 atom stereocenters. The van der Waals surface area contributed by atoms with Crippen molar-refractivity contribution in [3.05, 3.63) is 67.1 Å². The number of rotatable bonds is 4. The standard InChI is InChI=1S/C22H20N6O/c1-3-16(13-18(4-1)28-9-11-29-12-10-28)17-6-7-20-19(14-17)22(24-15-23-20)26-21-5-2-8-25-27-21/h1-8,13-15H,9-12H2,(H,23,24,26,27). The molecule has 7 heteroatoms. The van der Waals surface area contributed by atoms with E-state index in [9.17, 15) is 0 Å². The summed E-state index contributed by atoms with van der Waals surface area (Å²) in [6.45, 7) is 3.38. The van der Waals surface area contributed by atoms with Gasteiger partial charge in [0.25, 0.3) is 0 Å². The van der Waals surface area contributed by atoms with E-state index in [0.717, 1.165) is 48.3 Å². The van der Waals surface area contributed by atoms with E-state index < -0.39 is 0 Å². The first-order chi connectivity index (χ1) is 14.4. The molecule has 0 aliphatic carbocycles. The third-order valence-corrected chi connectivity index (χ3v) is 5.01. The van der Waals surface area contributed by atoms with Gasteiger partial charge in [-0.25, -0.2) is 9.97 Å². The van der Waals surface area contributed by atoms with Crippen LogP contribution >= 0.6 is 0 Å². The summed E-state index contributed by atoms with van der Waals surface area (Å²) < 4.78 is 5.47. The Bertz CT molecular complexity index is 1130. The number of benzene rings is 2. The largest absolute Gasteiger partial charge is 0.378 e. The van der Waals surface area contributed by atoms with Gasteiger partial charge in [0.15, 0.2) is 5.82 Å². The molecule has 0 saturated carbocycles. The molecule has 7 nitrogen and oxygen atoms in total. The van der Waals surface area contributed by atoms with Crippen molar-refractivity contribution in [3.8, 4) is 11.1 Å². The van der Waals surface area contributed by atoms with Crippen LogP contribution in [0.3, 0.4) is 0 Å². The third kappa shape index (κ3) is 3.72. The van der Waals surface area contributed by atoms with E-state index in [1.54, 1.807) is 12.5 Å². The lowest BCUT2D eigenvalue weighted by Gasteiger charge is -2.29. The first-order valence-electron chi connectivity index (χ1n) is 9.59. The average molecular weight is 384 g/mol. The molecule has 1 saturated heterocycles. The Morgan fingerprint density at radius 3 is 2.66 bits per heavy atom. The highest BCUT2D eigenvalue weighted by molar-refractivity contribution is 5.93. The number of anilines is 3. The minimum Gasteiger partial charge on any atom is -0.378 e. The molecule has 0 unspecified atom stereocenters. The summed E-state index contributed by atoms with van der Waals surface area (Å²) in [5, 5.41) is 12.2. The minimum atomic E-state index is 0.646. The highest BCUT2D eigenvalue weighted by Gasteiger charge is 2.12. The van der Waals surface area contributed by atoms with Crippen molar-refractivity contribution in [3.63, 3.8) is 0 Å². The van der Waals surface area contributed by atoms with Gasteiger partial charge in [0.2, 0.25) is 0 Å². The normalized spacial score (nSPS) is 14.1. The maximum absolute atomic E-state index is 5.47. The van der Waals surface area contributed by atoms with Gasteiger partial charge in [0.1, 0.15) is 12.1 Å². The van der Waals surface area contributed by atoms with Gasteiger partial charge in [0.05, 0.1) is 18.7 Å². The van der Waals surface area contributed by atoms with Gasteiger partial charge in [-0.1, -0.05) is 18.2 Å². The molecular weight excluding hydrogens is 364 g/mol. The first kappa shape index (κ1) is 17.5. The molecule has 4 aromatic rings. The molecular formula is C22H20N6O. The number of nitrogens with one attached hydrogen (secondary N) is 1. The second-order valence-electron chi connectivity index (χ2n) is 6.84. The SMILES string of the molecule is c1cc(-c2ccc3ncnc(Nc4cccnn4)c3c2)cc(N2CCOCC2)c1. The quantitative estimate of drug-likeness (QED) is 0.575. The topological polar surface area (TPSA) is 76.1 Å². The third-order valence-electron chi connectivity index (χ3n) is 5.01. The smallest absolute Gasteiger partial charge is 0.154 e. The Labute approximate surface area is 168 Å². The Morgan fingerprint density at radius 2 is 1.79 bits per heavy atom. The zero-order valence-electron chi connectivity index (χ0n) is 15.8. The van der Waals surface area contributed by atoms with Crippen molar-refractivity contribution in [2.75, 3.05) is 36.5 Å². The molecule has 1 N–H and O–H groups in total. The molecule has 144 valence electrons. The highest BCUT2D eigenvalue weighted by atomic mass is 16.5. The number of hydrogen-bond acceptors (Lipinski definition) is 7. The molecule has 0 radical (unpaired) electrons. The van der Waals surface area contributed by atoms with Crippen molar-refractivity contribution in [2.45, 2.75) is 0 Å². The molecule has 2 aromatic heterocycles. The van der Waals surface area contributed by atoms with E-state index in [4.69, 9.17) is 4.74 Å². The van der Waals surface area contributed by atoms with E-state index in [-0.39, 0.29) is 0 Å². The van der Waals surface area contributed by atoms with Crippen molar-refractivity contribution in [1.82, 2.24) is 20.2 Å². The lowest BCUT2D eigenvalue weighted by atomic mass is 10.0. The predicted molar refractivity (Wildman–Crippen MR) is 113 cm³/mol. The molecule has 3 heterocycles. The summed E-state index contributed by atoms with van der Waals surface area (Å²) >= 11 is 0. The monoisotopic (exact) mass is 384 g/mol. The summed E-state index contributed by atoms with van der Waals surface area (Å²) in [7, 11) is 0. The molecule has 0 bridgehead atoms. The summed E-state index contributed by atoms with van der Waals surface area (Å²) in [5.41, 5.74) is 4.36. The second-order valence-corrected chi connectivity index (χ2v) is 6.84. The fourth-order valence-corrected chi connectivity index (χ4v) is 3.53. The van der Waals surface area contributed by atoms with Crippen molar-refractivity contribution in [2.24, 2.45) is 0 Å². The van der Waals surface area contributed by atoms with Gasteiger partial charge in [-0.3, -0.25) is 0 Å². The minimum absolute atomic E-state index is 0.646. The summed E-state index contributed by atoms with van der Waals surface area (Å²) in [5.74, 6) is 1.36. The molecule has 5 rings (SSSR count). The Kier molecular flexibility index (Phi) is 4.72. The van der Waals surface area contributed by atoms with Crippen LogP contribution in [0.5, 0.6) is 0 Å². The van der Waals surface area contributed by atoms with Crippen molar-refractivity contribution >= 4 is 28.2 Å². The molecule has 2 aromatic carbocycles. The number of aromatic nitrogens is 4. The van der Waals surface area contributed by atoms with Crippen LogP contribution in [-0.2, 0) is 4.74 Å². The van der Waals surface area contributed by atoms with Crippen LogP contribution in [0.4, 0.5) is 17.3 Å². The molecule has 29 heavy (non-hydrogen) atoms. The lowest BCUT2D eigenvalue weighted by Crippen LogP contribution is -2.36. The first-order valence-corrected chi connectivity index (χ1v) is 9.59. The number of hydrogen-bond donors (Lipinski definition) is 1. The van der Waals surface area contributed by atoms with Gasteiger partial charge < -0.3 is 15.0 Å². The van der Waals surface area contributed by atoms with Crippen LogP contribution in [0.15, 0.2) is 67.1 Å². The van der Waals surface area contributed by atoms with E-state index in [1.807, 2.05) is 18.2 Å². The van der Waals surface area contributed by atoms with Crippen LogP contribution in [0.1, 0.15) is 0 Å². The van der Waals surface area contributed by atoms with Crippen LogP contribution in [0, 0.1) is 0 Å². The van der Waals surface area contributed by atoms with Gasteiger partial charge in [-0.2, -0.15) is 5.10 Å². The highest BCUT2D eigenvalue weighted by Crippen LogP contribution is 2.30. The molecule has 1 fully saturated rings. The maximum Gasteiger partial charge on any atom is 0.154 e. The van der Waals surface area contributed by atoms with Gasteiger partial charge in [-0.15, -0.1) is 5.10 Å². The van der Waals surface area contributed by atoms with Crippen molar-refractivity contribution in [1.29, 1.82) is 0 Å². The summed E-state index contributed by atoms with van der Waals surface area (Å²) in [6.07, 6.45) is 3.20. The zero-order valence-corrected chi connectivity index (χ0v) is 15.8. The van der Waals surface area contributed by atoms with Gasteiger partial charge in [-0.05, 0) is 47.5 Å². The van der Waals surface area contributed by atoms with E-state index in [2.05, 4.69) is 66.8 Å². The van der Waals surface area contributed by atoms with E-state index in [1.165, 1.54) is 5.69 Å². The average Bonchev–Trinajstić information content (AvgIpc) is 2.80. The van der Waals surface area contributed by atoms with Crippen LogP contribution < -0.4 is 10.2 Å². The van der Waals surface area contributed by atoms with E-state index in [0.29, 0.717) is 11.6 Å². The molecule has 1 aliphatic rings. The number of ether oxygens (including phenoxy) is 1. The molecule has 0 amide bonds. The zero-order chi connectivity index (χ0) is 19.5. The predicted octanol–water partition coefficient (Wildman–Crippen LogP) is 3.67. The lowest BCUT2D eigenvalue weighted by molar-refractivity contribution is 0.122. The number of morpholine rings is 1. The van der Waals surface area contributed by atoms with Gasteiger partial charge in [0, 0.05) is 30.4 Å². The summed E-state index contributed by atoms with van der Waals surface area (Å²) in [6, 6.07) is 18.5. The second kappa shape index (κ2) is 7.81. The van der Waals surface area contributed by atoms with E-state index >= 15 is 0 Å². The van der Waals surface area contributed by atoms with Crippen LogP contribution in [-0.4, -0.2) is 46.5 Å².